The number of hydrogen-bond acceptors (Lipinski definition) is 5. The van der Waals surface area contributed by atoms with E-state index < -0.39 is 20.0 Å². The van der Waals surface area contributed by atoms with Crippen molar-refractivity contribution in [3.05, 3.63) is 29.8 Å². The van der Waals surface area contributed by atoms with E-state index in [1.807, 2.05) is 6.92 Å². The molecule has 0 saturated heterocycles. The summed E-state index contributed by atoms with van der Waals surface area (Å²) in [6.07, 6.45) is 2.37. The summed E-state index contributed by atoms with van der Waals surface area (Å²) in [7, 11) is -6.97. The molecule has 0 unspecified atom stereocenters. The molecule has 1 aromatic rings. The number of ketones is 1. The van der Waals surface area contributed by atoms with E-state index in [4.69, 9.17) is 0 Å². The highest BCUT2D eigenvalue weighted by atomic mass is 32.2. The van der Waals surface area contributed by atoms with E-state index in [-0.39, 0.29) is 24.6 Å². The smallest absolute Gasteiger partial charge is 0.232 e. The molecule has 0 heterocycles. The van der Waals surface area contributed by atoms with Crippen LogP contribution in [0.3, 0.4) is 0 Å². The second-order valence-electron chi connectivity index (χ2n) is 5.50. The van der Waals surface area contributed by atoms with Crippen LogP contribution >= 0.6 is 0 Å². The SMILES string of the molecule is CCCCS(=O)(=O)NCCN(c1ccc(C(C)=O)cc1)S(C)(=O)=O. The lowest BCUT2D eigenvalue weighted by Crippen LogP contribution is -2.38. The van der Waals surface area contributed by atoms with E-state index in [2.05, 4.69) is 4.72 Å². The van der Waals surface area contributed by atoms with E-state index in [0.29, 0.717) is 17.7 Å². The number of carbonyl (C=O) groups is 1. The van der Waals surface area contributed by atoms with Crippen molar-refractivity contribution in [1.82, 2.24) is 4.72 Å². The van der Waals surface area contributed by atoms with Crippen molar-refractivity contribution in [2.24, 2.45) is 0 Å². The number of benzene rings is 1. The number of Topliss-reactive ketones (excluding diaryl/α,β-unsaturated/α-hetero) is 1. The summed E-state index contributed by atoms with van der Waals surface area (Å²) in [6.45, 7) is 3.28. The molecule has 1 rings (SSSR count). The van der Waals surface area contributed by atoms with Crippen molar-refractivity contribution in [2.45, 2.75) is 26.7 Å². The van der Waals surface area contributed by atoms with Crippen molar-refractivity contribution in [3.8, 4) is 0 Å². The largest absolute Gasteiger partial charge is 0.295 e. The van der Waals surface area contributed by atoms with Crippen molar-refractivity contribution in [1.29, 1.82) is 0 Å². The van der Waals surface area contributed by atoms with Gasteiger partial charge < -0.3 is 0 Å². The fourth-order valence-electron chi connectivity index (χ4n) is 2.06. The zero-order valence-electron chi connectivity index (χ0n) is 14.1. The Hall–Kier alpha value is -1.45. The average molecular weight is 377 g/mol. The minimum Gasteiger partial charge on any atom is -0.295 e. The monoisotopic (exact) mass is 376 g/mol. The Labute approximate surface area is 144 Å². The fourth-order valence-corrected chi connectivity index (χ4v) is 4.20. The molecule has 0 aliphatic heterocycles. The van der Waals surface area contributed by atoms with Crippen LogP contribution in [0.5, 0.6) is 0 Å². The van der Waals surface area contributed by atoms with Gasteiger partial charge in [-0.15, -0.1) is 0 Å². The van der Waals surface area contributed by atoms with Gasteiger partial charge in [0.05, 0.1) is 17.7 Å². The predicted octanol–water partition coefficient (Wildman–Crippen LogP) is 1.37. The first-order valence-electron chi connectivity index (χ1n) is 7.63. The summed E-state index contributed by atoms with van der Waals surface area (Å²) in [5.74, 6) is -0.0912. The number of sulfonamides is 2. The molecule has 0 bridgehead atoms. The molecule has 0 aliphatic carbocycles. The summed E-state index contributed by atoms with van der Waals surface area (Å²) in [5, 5.41) is 0. The second-order valence-corrected chi connectivity index (χ2v) is 9.34. The molecule has 1 N–H and O–H groups in total. The van der Waals surface area contributed by atoms with E-state index in [0.717, 1.165) is 17.0 Å². The third-order valence-corrected chi connectivity index (χ3v) is 6.03. The predicted molar refractivity (Wildman–Crippen MR) is 95.3 cm³/mol. The lowest BCUT2D eigenvalue weighted by molar-refractivity contribution is 0.101. The molecule has 0 fully saturated rings. The number of hydrogen-bond donors (Lipinski definition) is 1. The van der Waals surface area contributed by atoms with Gasteiger partial charge in [0.2, 0.25) is 20.0 Å². The third-order valence-electron chi connectivity index (χ3n) is 3.37. The lowest BCUT2D eigenvalue weighted by atomic mass is 10.1. The molecule has 0 radical (unpaired) electrons. The van der Waals surface area contributed by atoms with Gasteiger partial charge in [-0.25, -0.2) is 21.6 Å². The number of nitrogens with one attached hydrogen (secondary N) is 1. The number of nitrogens with zero attached hydrogens (tertiary/aromatic N) is 1. The second kappa shape index (κ2) is 8.59. The van der Waals surface area contributed by atoms with Gasteiger partial charge >= 0.3 is 0 Å². The summed E-state index contributed by atoms with van der Waals surface area (Å²) in [6, 6.07) is 6.15. The highest BCUT2D eigenvalue weighted by Crippen LogP contribution is 2.18. The van der Waals surface area contributed by atoms with Crippen LogP contribution in [0.4, 0.5) is 5.69 Å². The molecule has 0 aliphatic rings. The minimum absolute atomic E-state index is 0.0203. The highest BCUT2D eigenvalue weighted by molar-refractivity contribution is 7.92. The molecule has 0 aromatic heterocycles. The molecule has 1 aromatic carbocycles. The number of unbranched alkanes of at least 4 members (excludes halogenated alkanes) is 1. The topological polar surface area (TPSA) is 101 Å². The van der Waals surface area contributed by atoms with Crippen molar-refractivity contribution < 1.29 is 21.6 Å². The Morgan fingerprint density at radius 3 is 2.17 bits per heavy atom. The first-order valence-corrected chi connectivity index (χ1v) is 11.1. The van der Waals surface area contributed by atoms with Crippen LogP contribution in [0.15, 0.2) is 24.3 Å². The van der Waals surface area contributed by atoms with Crippen molar-refractivity contribution >= 4 is 31.5 Å². The van der Waals surface area contributed by atoms with Crippen LogP contribution in [0.2, 0.25) is 0 Å². The summed E-state index contributed by atoms with van der Waals surface area (Å²) in [5.41, 5.74) is 0.864. The maximum absolute atomic E-state index is 12.0. The third kappa shape index (κ3) is 6.58. The van der Waals surface area contributed by atoms with Gasteiger partial charge in [-0.05, 0) is 37.6 Å². The molecular formula is C15H24N2O5S2. The van der Waals surface area contributed by atoms with Crippen LogP contribution in [0, 0.1) is 0 Å². The highest BCUT2D eigenvalue weighted by Gasteiger charge is 2.18. The first kappa shape index (κ1) is 20.6. The zero-order valence-corrected chi connectivity index (χ0v) is 15.8. The Kier molecular flexibility index (Phi) is 7.37. The normalized spacial score (nSPS) is 12.1. The minimum atomic E-state index is -3.57. The van der Waals surface area contributed by atoms with Gasteiger partial charge in [0.1, 0.15) is 0 Å². The Morgan fingerprint density at radius 2 is 1.71 bits per heavy atom. The van der Waals surface area contributed by atoms with Gasteiger partial charge in [-0.2, -0.15) is 0 Å². The molecule has 0 amide bonds. The van der Waals surface area contributed by atoms with Gasteiger partial charge in [-0.3, -0.25) is 9.10 Å². The Morgan fingerprint density at radius 1 is 1.12 bits per heavy atom. The van der Waals surface area contributed by atoms with E-state index >= 15 is 0 Å². The van der Waals surface area contributed by atoms with Gasteiger partial charge in [0.25, 0.3) is 0 Å². The molecule has 24 heavy (non-hydrogen) atoms. The Bertz CT molecular complexity index is 756. The van der Waals surface area contributed by atoms with Gasteiger partial charge in [-0.1, -0.05) is 13.3 Å². The van der Waals surface area contributed by atoms with Crippen molar-refractivity contribution in [2.75, 3.05) is 29.4 Å². The molecule has 0 spiro atoms. The summed E-state index contributed by atoms with van der Waals surface area (Å²) in [4.78, 5) is 11.3. The average Bonchev–Trinajstić information content (AvgIpc) is 2.48. The number of anilines is 1. The van der Waals surface area contributed by atoms with E-state index in [9.17, 15) is 21.6 Å². The van der Waals surface area contributed by atoms with Crippen molar-refractivity contribution in [3.63, 3.8) is 0 Å². The zero-order chi connectivity index (χ0) is 18.4. The fraction of sp³-hybridized carbons (Fsp3) is 0.533. The van der Waals surface area contributed by atoms with Crippen LogP contribution in [0.1, 0.15) is 37.0 Å². The van der Waals surface area contributed by atoms with Crippen LogP contribution in [-0.2, 0) is 20.0 Å². The first-order chi connectivity index (χ1) is 11.1. The van der Waals surface area contributed by atoms with Gasteiger partial charge in [0.15, 0.2) is 5.78 Å². The molecular weight excluding hydrogens is 352 g/mol. The maximum atomic E-state index is 12.0. The standard InChI is InChI=1S/C15H24N2O5S2/c1-4-5-12-24(21,22)16-10-11-17(23(3,19)20)15-8-6-14(7-9-15)13(2)18/h6-9,16H,4-5,10-12H2,1-3H3. The Balaban J connectivity index is 2.83. The quantitative estimate of drug-likeness (QED) is 0.622. The summed E-state index contributed by atoms with van der Waals surface area (Å²) >= 11 is 0. The van der Waals surface area contributed by atoms with E-state index in [1.54, 1.807) is 12.1 Å². The maximum Gasteiger partial charge on any atom is 0.232 e. The van der Waals surface area contributed by atoms with Gasteiger partial charge in [0, 0.05) is 18.7 Å². The van der Waals surface area contributed by atoms with Crippen LogP contribution < -0.4 is 9.03 Å². The summed E-state index contributed by atoms with van der Waals surface area (Å²) < 4.78 is 51.0. The van der Waals surface area contributed by atoms with Crippen LogP contribution in [0.25, 0.3) is 0 Å². The molecule has 0 saturated carbocycles. The molecule has 9 heteroatoms. The molecule has 0 atom stereocenters. The van der Waals surface area contributed by atoms with Crippen LogP contribution in [-0.4, -0.2) is 47.7 Å². The number of rotatable bonds is 10. The number of carbonyl (C=O) groups excluding carboxylic acids is 1. The molecule has 7 nitrogen and oxygen atoms in total. The molecule has 136 valence electrons. The van der Waals surface area contributed by atoms with E-state index in [1.165, 1.54) is 19.1 Å². The lowest BCUT2D eigenvalue weighted by Gasteiger charge is -2.22.